The fourth-order valence-corrected chi connectivity index (χ4v) is 4.11. The Kier molecular flexibility index (Phi) is 14.6. The predicted molar refractivity (Wildman–Crippen MR) is 163 cm³/mol. The van der Waals surface area contributed by atoms with E-state index in [-0.39, 0.29) is 13.0 Å². The van der Waals surface area contributed by atoms with Crippen LogP contribution in [-0.4, -0.2) is 77.4 Å². The van der Waals surface area contributed by atoms with Gasteiger partial charge in [0.25, 0.3) is 0 Å². The molecular weight excluding hydrogens is 584 g/mol. The molecule has 5 atom stereocenters. The van der Waals surface area contributed by atoms with Gasteiger partial charge in [-0.3, -0.25) is 24.0 Å². The highest BCUT2D eigenvalue weighted by Crippen LogP contribution is 2.09. The zero-order valence-electron chi connectivity index (χ0n) is 25.5. The predicted octanol–water partition coefficient (Wildman–Crippen LogP) is -1.22. The topological polar surface area (TPSA) is 232 Å². The number of rotatable bonds is 17. The lowest BCUT2D eigenvalue weighted by Gasteiger charge is -2.28. The molecule has 14 nitrogen and oxygen atoms in total. The quantitative estimate of drug-likeness (QED) is 0.104. The number of carbonyl (C=O) groups is 6. The van der Waals surface area contributed by atoms with E-state index in [0.29, 0.717) is 5.56 Å². The first-order valence-electron chi connectivity index (χ1n) is 14.4. The number of esters is 1. The van der Waals surface area contributed by atoms with Crippen molar-refractivity contribution in [1.29, 1.82) is 0 Å². The SMILES string of the molecule is CC(C)[C@@H](NC(=O)[C@@H](CC(N)=O)NC(=O)[C@@H](N)CO)C(=O)N[C@@H](Cc1ccccc1)C(=O)N[C@@H](C)C(=O)OCc1ccccc1. The van der Waals surface area contributed by atoms with Gasteiger partial charge in [-0.25, -0.2) is 4.79 Å². The third-order valence-corrected chi connectivity index (χ3v) is 6.67. The van der Waals surface area contributed by atoms with E-state index in [2.05, 4.69) is 21.3 Å². The molecule has 0 saturated carbocycles. The first-order chi connectivity index (χ1) is 21.3. The number of nitrogens with two attached hydrogens (primary N) is 2. The van der Waals surface area contributed by atoms with Gasteiger partial charge in [-0.05, 0) is 24.0 Å². The Morgan fingerprint density at radius 1 is 0.733 bits per heavy atom. The molecule has 14 heteroatoms. The lowest BCUT2D eigenvalue weighted by Crippen LogP contribution is -2.60. The van der Waals surface area contributed by atoms with Gasteiger partial charge in [0.15, 0.2) is 0 Å². The van der Waals surface area contributed by atoms with Crippen LogP contribution in [0, 0.1) is 5.92 Å². The minimum absolute atomic E-state index is 0.0168. The van der Waals surface area contributed by atoms with Gasteiger partial charge in [-0.15, -0.1) is 0 Å². The third kappa shape index (κ3) is 12.4. The summed E-state index contributed by atoms with van der Waals surface area (Å²) in [7, 11) is 0. The number of aliphatic hydroxyl groups excluding tert-OH is 1. The average Bonchev–Trinajstić information content (AvgIpc) is 3.01. The number of aliphatic hydroxyl groups is 1. The maximum Gasteiger partial charge on any atom is 0.328 e. The van der Waals surface area contributed by atoms with Crippen molar-refractivity contribution < 1.29 is 38.6 Å². The Bertz CT molecular complexity index is 1310. The van der Waals surface area contributed by atoms with E-state index in [9.17, 15) is 28.8 Å². The van der Waals surface area contributed by atoms with Crippen LogP contribution in [0.1, 0.15) is 38.3 Å². The molecule has 244 valence electrons. The molecule has 5 amide bonds. The van der Waals surface area contributed by atoms with Gasteiger partial charge in [-0.1, -0.05) is 74.5 Å². The Hall–Kier alpha value is -4.82. The number of amides is 5. The molecular formula is C31H42N6O8. The van der Waals surface area contributed by atoms with Crippen LogP contribution in [0.25, 0.3) is 0 Å². The van der Waals surface area contributed by atoms with Crippen LogP contribution >= 0.6 is 0 Å². The zero-order valence-corrected chi connectivity index (χ0v) is 25.5. The number of carbonyl (C=O) groups excluding carboxylic acids is 6. The molecule has 0 saturated heterocycles. The van der Waals surface area contributed by atoms with Crippen LogP contribution in [0.5, 0.6) is 0 Å². The van der Waals surface area contributed by atoms with Crippen molar-refractivity contribution in [2.45, 2.75) is 70.4 Å². The molecule has 45 heavy (non-hydrogen) atoms. The lowest BCUT2D eigenvalue weighted by molar-refractivity contribution is -0.148. The van der Waals surface area contributed by atoms with Crippen molar-refractivity contribution in [2.75, 3.05) is 6.61 Å². The van der Waals surface area contributed by atoms with Crippen LogP contribution in [0.15, 0.2) is 60.7 Å². The van der Waals surface area contributed by atoms with Crippen molar-refractivity contribution in [3.8, 4) is 0 Å². The largest absolute Gasteiger partial charge is 0.459 e. The van der Waals surface area contributed by atoms with E-state index in [1.54, 1.807) is 68.4 Å². The molecule has 0 aliphatic heterocycles. The zero-order chi connectivity index (χ0) is 33.5. The molecule has 9 N–H and O–H groups in total. The molecule has 2 aromatic rings. The summed E-state index contributed by atoms with van der Waals surface area (Å²) in [5.41, 5.74) is 12.2. The summed E-state index contributed by atoms with van der Waals surface area (Å²) in [4.78, 5) is 76.3. The first kappa shape index (κ1) is 36.4. The summed E-state index contributed by atoms with van der Waals surface area (Å²) in [6.07, 6.45) is -0.540. The van der Waals surface area contributed by atoms with E-state index in [0.717, 1.165) is 5.56 Å². The molecule has 0 aromatic heterocycles. The van der Waals surface area contributed by atoms with Crippen molar-refractivity contribution >= 4 is 35.5 Å². The molecule has 0 spiro atoms. The second-order valence-electron chi connectivity index (χ2n) is 10.8. The average molecular weight is 627 g/mol. The van der Waals surface area contributed by atoms with E-state index in [1.165, 1.54) is 6.92 Å². The van der Waals surface area contributed by atoms with Crippen LogP contribution in [0.4, 0.5) is 0 Å². The maximum absolute atomic E-state index is 13.5. The summed E-state index contributed by atoms with van der Waals surface area (Å²) in [5.74, 6) is -5.29. The molecule has 0 fully saturated rings. The van der Waals surface area contributed by atoms with Crippen molar-refractivity contribution in [3.05, 3.63) is 71.8 Å². The summed E-state index contributed by atoms with van der Waals surface area (Å²) >= 11 is 0. The molecule has 0 aliphatic carbocycles. The van der Waals surface area contributed by atoms with Gasteiger partial charge in [0.2, 0.25) is 29.5 Å². The van der Waals surface area contributed by atoms with Gasteiger partial charge >= 0.3 is 5.97 Å². The van der Waals surface area contributed by atoms with Crippen molar-refractivity contribution in [2.24, 2.45) is 17.4 Å². The minimum Gasteiger partial charge on any atom is -0.459 e. The smallest absolute Gasteiger partial charge is 0.328 e. The highest BCUT2D eigenvalue weighted by molar-refractivity contribution is 5.97. The monoisotopic (exact) mass is 626 g/mol. The molecule has 0 bridgehead atoms. The normalized spacial score (nSPS) is 14.2. The molecule has 0 radical (unpaired) electrons. The van der Waals surface area contributed by atoms with Gasteiger partial charge in [0.05, 0.1) is 13.0 Å². The summed E-state index contributed by atoms with van der Waals surface area (Å²) in [5, 5.41) is 19.1. The summed E-state index contributed by atoms with van der Waals surface area (Å²) < 4.78 is 5.31. The fourth-order valence-electron chi connectivity index (χ4n) is 4.11. The number of benzene rings is 2. The standard InChI is InChI=1S/C31H42N6O8/c1-18(2)26(37-29(42)24(15-25(33)39)35-27(40)22(32)16-38)30(43)36-23(14-20-10-6-4-7-11-20)28(41)34-19(3)31(44)45-17-21-12-8-5-9-13-21/h4-13,18-19,22-24,26,38H,14-17,32H2,1-3H3,(H2,33,39)(H,34,41)(H,35,40)(H,36,43)(H,37,42)/t19-,22-,23-,24+,26+/m0/s1. The highest BCUT2D eigenvalue weighted by atomic mass is 16.5. The Labute approximate surface area is 261 Å². The second kappa shape index (κ2) is 18.1. The molecule has 0 aliphatic rings. The van der Waals surface area contributed by atoms with Crippen LogP contribution in [0.2, 0.25) is 0 Å². The second-order valence-corrected chi connectivity index (χ2v) is 10.8. The third-order valence-electron chi connectivity index (χ3n) is 6.67. The van der Waals surface area contributed by atoms with E-state index in [1.807, 2.05) is 6.07 Å². The Balaban J connectivity index is 2.18. The highest BCUT2D eigenvalue weighted by Gasteiger charge is 2.33. The number of hydrogen-bond acceptors (Lipinski definition) is 9. The van der Waals surface area contributed by atoms with Crippen LogP contribution < -0.4 is 32.7 Å². The number of hydrogen-bond donors (Lipinski definition) is 7. The van der Waals surface area contributed by atoms with E-state index < -0.39 is 84.7 Å². The number of primary amides is 1. The number of nitrogens with one attached hydrogen (secondary N) is 4. The Morgan fingerprint density at radius 2 is 1.27 bits per heavy atom. The summed E-state index contributed by atoms with van der Waals surface area (Å²) in [6, 6.07) is 11.6. The molecule has 2 aromatic carbocycles. The molecule has 0 heterocycles. The van der Waals surface area contributed by atoms with Crippen molar-refractivity contribution in [1.82, 2.24) is 21.3 Å². The van der Waals surface area contributed by atoms with E-state index in [4.69, 9.17) is 21.3 Å². The van der Waals surface area contributed by atoms with Crippen LogP contribution in [0.3, 0.4) is 0 Å². The van der Waals surface area contributed by atoms with Gasteiger partial charge in [-0.2, -0.15) is 0 Å². The molecule has 0 unspecified atom stereocenters. The molecule has 2 rings (SSSR count). The number of ether oxygens (including phenoxy) is 1. The maximum atomic E-state index is 13.5. The van der Waals surface area contributed by atoms with Gasteiger partial charge in [0.1, 0.15) is 36.8 Å². The summed E-state index contributed by atoms with van der Waals surface area (Å²) in [6.45, 7) is 4.06. The first-order valence-corrected chi connectivity index (χ1v) is 14.4. The lowest BCUT2D eigenvalue weighted by atomic mass is 10.00. The van der Waals surface area contributed by atoms with Gasteiger partial charge in [0, 0.05) is 6.42 Å². The minimum atomic E-state index is -1.48. The van der Waals surface area contributed by atoms with Crippen molar-refractivity contribution in [3.63, 3.8) is 0 Å². The van der Waals surface area contributed by atoms with Gasteiger partial charge < -0.3 is 42.6 Å². The Morgan fingerprint density at radius 3 is 1.80 bits per heavy atom. The van der Waals surface area contributed by atoms with E-state index >= 15 is 0 Å². The fraction of sp³-hybridized carbons (Fsp3) is 0.419. The van der Waals surface area contributed by atoms with Crippen LogP contribution in [-0.2, 0) is 46.5 Å².